The van der Waals surface area contributed by atoms with Gasteiger partial charge in [-0.3, -0.25) is 0 Å². The average molecular weight is 270 g/mol. The second kappa shape index (κ2) is 6.23. The van der Waals surface area contributed by atoms with Crippen LogP contribution in [-0.2, 0) is 4.79 Å². The Morgan fingerprint density at radius 1 is 1.26 bits per heavy atom. The molecule has 108 valence electrons. The molecule has 0 spiro atoms. The fraction of sp³-hybridized carbons (Fsp3) is 0.846. The molecule has 0 saturated heterocycles. The minimum atomic E-state index is -1.12. The van der Waals surface area contributed by atoms with Crippen molar-refractivity contribution < 1.29 is 19.8 Å². The van der Waals surface area contributed by atoms with Crippen LogP contribution in [-0.4, -0.2) is 41.4 Å². The first kappa shape index (κ1) is 14.1. The molecule has 2 bridgehead atoms. The summed E-state index contributed by atoms with van der Waals surface area (Å²) in [6, 6.07) is -1.48. The van der Waals surface area contributed by atoms with Crippen molar-refractivity contribution in [1.82, 2.24) is 10.6 Å². The van der Waals surface area contributed by atoms with Crippen LogP contribution in [0.1, 0.15) is 32.1 Å². The lowest BCUT2D eigenvalue weighted by atomic mass is 9.89. The molecule has 2 rings (SSSR count). The molecular weight excluding hydrogens is 248 g/mol. The SMILES string of the molecule is O=C(NCC1CC2CCC1C2)NC(CCO)C(=O)O. The molecule has 0 aliphatic heterocycles. The lowest BCUT2D eigenvalue weighted by Crippen LogP contribution is -2.47. The third-order valence-corrected chi connectivity index (χ3v) is 4.43. The minimum Gasteiger partial charge on any atom is -0.480 e. The van der Waals surface area contributed by atoms with E-state index in [9.17, 15) is 9.59 Å². The Kier molecular flexibility index (Phi) is 4.63. The van der Waals surface area contributed by atoms with Gasteiger partial charge in [0.1, 0.15) is 6.04 Å². The van der Waals surface area contributed by atoms with Gasteiger partial charge >= 0.3 is 12.0 Å². The summed E-state index contributed by atoms with van der Waals surface area (Å²) in [6.07, 6.45) is 5.09. The van der Waals surface area contributed by atoms with Crippen LogP contribution < -0.4 is 10.6 Å². The van der Waals surface area contributed by atoms with E-state index in [0.717, 1.165) is 11.8 Å². The Morgan fingerprint density at radius 3 is 2.58 bits per heavy atom. The molecule has 6 nitrogen and oxygen atoms in total. The number of rotatable bonds is 6. The molecule has 2 fully saturated rings. The van der Waals surface area contributed by atoms with Crippen LogP contribution in [0.2, 0.25) is 0 Å². The van der Waals surface area contributed by atoms with E-state index in [1.807, 2.05) is 0 Å². The maximum atomic E-state index is 11.6. The Morgan fingerprint density at radius 2 is 2.05 bits per heavy atom. The number of urea groups is 1. The van der Waals surface area contributed by atoms with E-state index in [1.54, 1.807) is 0 Å². The summed E-state index contributed by atoms with van der Waals surface area (Å²) in [5.74, 6) is 0.994. The molecule has 2 amide bonds. The van der Waals surface area contributed by atoms with Crippen molar-refractivity contribution in [3.63, 3.8) is 0 Å². The van der Waals surface area contributed by atoms with Crippen molar-refractivity contribution in [3.8, 4) is 0 Å². The molecule has 0 aromatic heterocycles. The van der Waals surface area contributed by atoms with Crippen molar-refractivity contribution in [2.45, 2.75) is 38.1 Å². The number of hydrogen-bond acceptors (Lipinski definition) is 3. The zero-order valence-electron chi connectivity index (χ0n) is 11.0. The molecule has 2 saturated carbocycles. The first-order valence-electron chi connectivity index (χ1n) is 6.98. The van der Waals surface area contributed by atoms with E-state index in [-0.39, 0.29) is 13.0 Å². The van der Waals surface area contributed by atoms with Gasteiger partial charge in [-0.15, -0.1) is 0 Å². The van der Waals surface area contributed by atoms with Crippen molar-refractivity contribution in [1.29, 1.82) is 0 Å². The van der Waals surface area contributed by atoms with Crippen LogP contribution >= 0.6 is 0 Å². The summed E-state index contributed by atoms with van der Waals surface area (Å²) in [4.78, 5) is 22.5. The third kappa shape index (κ3) is 3.59. The quantitative estimate of drug-likeness (QED) is 0.566. The molecule has 0 aromatic carbocycles. The van der Waals surface area contributed by atoms with Crippen LogP contribution in [0.4, 0.5) is 4.79 Å². The third-order valence-electron chi connectivity index (χ3n) is 4.43. The number of aliphatic hydroxyl groups is 1. The number of carbonyl (C=O) groups excluding carboxylic acids is 1. The van der Waals surface area contributed by atoms with E-state index < -0.39 is 18.0 Å². The fourth-order valence-electron chi connectivity index (χ4n) is 3.45. The number of carbonyl (C=O) groups is 2. The number of amides is 2. The molecule has 0 aromatic rings. The molecule has 6 heteroatoms. The molecule has 0 heterocycles. The largest absolute Gasteiger partial charge is 0.480 e. The fourth-order valence-corrected chi connectivity index (χ4v) is 3.45. The summed E-state index contributed by atoms with van der Waals surface area (Å²) in [5.41, 5.74) is 0. The van der Waals surface area contributed by atoms with E-state index in [1.165, 1.54) is 25.7 Å². The summed E-state index contributed by atoms with van der Waals surface area (Å²) in [7, 11) is 0. The highest BCUT2D eigenvalue weighted by atomic mass is 16.4. The molecule has 4 N–H and O–H groups in total. The second-order valence-electron chi connectivity index (χ2n) is 5.69. The first-order chi connectivity index (χ1) is 9.10. The van der Waals surface area contributed by atoms with Gasteiger partial charge in [-0.05, 0) is 37.0 Å². The number of nitrogens with one attached hydrogen (secondary N) is 2. The molecule has 4 atom stereocenters. The Bertz CT molecular complexity index is 348. The summed E-state index contributed by atoms with van der Waals surface area (Å²) < 4.78 is 0. The number of aliphatic carboxylic acids is 1. The lowest BCUT2D eigenvalue weighted by Gasteiger charge is -2.22. The smallest absolute Gasteiger partial charge is 0.326 e. The normalized spacial score (nSPS) is 30.1. The number of carboxylic acids is 1. The van der Waals surface area contributed by atoms with Gasteiger partial charge in [-0.1, -0.05) is 6.42 Å². The van der Waals surface area contributed by atoms with Crippen molar-refractivity contribution in [3.05, 3.63) is 0 Å². The highest BCUT2D eigenvalue weighted by Gasteiger charge is 2.39. The summed E-state index contributed by atoms with van der Waals surface area (Å²) in [5, 5.41) is 22.7. The van der Waals surface area contributed by atoms with Crippen molar-refractivity contribution >= 4 is 12.0 Å². The molecule has 0 radical (unpaired) electrons. The molecule has 4 unspecified atom stereocenters. The predicted molar refractivity (Wildman–Crippen MR) is 68.6 cm³/mol. The topological polar surface area (TPSA) is 98.7 Å². The maximum absolute atomic E-state index is 11.6. The second-order valence-corrected chi connectivity index (χ2v) is 5.69. The van der Waals surface area contributed by atoms with Crippen molar-refractivity contribution in [2.75, 3.05) is 13.2 Å². The van der Waals surface area contributed by atoms with E-state index in [2.05, 4.69) is 10.6 Å². The Balaban J connectivity index is 1.70. The van der Waals surface area contributed by atoms with Crippen LogP contribution in [0.3, 0.4) is 0 Å². The van der Waals surface area contributed by atoms with Gasteiger partial charge in [-0.25, -0.2) is 9.59 Å². The van der Waals surface area contributed by atoms with Crippen LogP contribution in [0, 0.1) is 17.8 Å². The minimum absolute atomic E-state index is 0.0247. The van der Waals surface area contributed by atoms with Crippen LogP contribution in [0.5, 0.6) is 0 Å². The van der Waals surface area contributed by atoms with Gasteiger partial charge in [0.2, 0.25) is 0 Å². The van der Waals surface area contributed by atoms with Crippen LogP contribution in [0.15, 0.2) is 0 Å². The van der Waals surface area contributed by atoms with E-state index in [4.69, 9.17) is 10.2 Å². The Labute approximate surface area is 112 Å². The highest BCUT2D eigenvalue weighted by molar-refractivity contribution is 5.82. The van der Waals surface area contributed by atoms with Gasteiger partial charge in [0.25, 0.3) is 0 Å². The Hall–Kier alpha value is -1.30. The zero-order chi connectivity index (χ0) is 13.8. The zero-order valence-corrected chi connectivity index (χ0v) is 11.0. The maximum Gasteiger partial charge on any atom is 0.326 e. The standard InChI is InChI=1S/C13H22N2O4/c16-4-3-11(12(17)18)15-13(19)14-7-10-6-8-1-2-9(10)5-8/h8-11,16H,1-7H2,(H,17,18)(H2,14,15,19). The molecule has 19 heavy (non-hydrogen) atoms. The van der Waals surface area contributed by atoms with Crippen LogP contribution in [0.25, 0.3) is 0 Å². The average Bonchev–Trinajstić information content (AvgIpc) is 2.97. The summed E-state index contributed by atoms with van der Waals surface area (Å²) >= 11 is 0. The number of fused-ring (bicyclic) bond motifs is 2. The molecule has 2 aliphatic rings. The van der Waals surface area contributed by atoms with E-state index >= 15 is 0 Å². The van der Waals surface area contributed by atoms with Gasteiger partial charge < -0.3 is 20.8 Å². The van der Waals surface area contributed by atoms with Gasteiger partial charge in [0, 0.05) is 19.6 Å². The van der Waals surface area contributed by atoms with Gasteiger partial charge in [0.15, 0.2) is 0 Å². The predicted octanol–water partition coefficient (Wildman–Crippen LogP) is 0.557. The number of carboxylic acid groups (broad SMARTS) is 1. The lowest BCUT2D eigenvalue weighted by molar-refractivity contribution is -0.139. The van der Waals surface area contributed by atoms with Crippen molar-refractivity contribution in [2.24, 2.45) is 17.8 Å². The summed E-state index contributed by atoms with van der Waals surface area (Å²) in [6.45, 7) is 0.363. The van der Waals surface area contributed by atoms with Gasteiger partial charge in [0.05, 0.1) is 0 Å². The first-order valence-corrected chi connectivity index (χ1v) is 6.98. The molecular formula is C13H22N2O4. The molecule has 2 aliphatic carbocycles. The number of aliphatic hydroxyl groups excluding tert-OH is 1. The monoisotopic (exact) mass is 270 g/mol. The number of hydrogen-bond donors (Lipinski definition) is 4. The van der Waals surface area contributed by atoms with E-state index in [0.29, 0.717) is 12.5 Å². The van der Waals surface area contributed by atoms with Gasteiger partial charge in [-0.2, -0.15) is 0 Å². The highest BCUT2D eigenvalue weighted by Crippen LogP contribution is 2.47.